The number of ether oxygens (including phenoxy) is 1. The third kappa shape index (κ3) is 3.36. The number of hydrogen-bond acceptors (Lipinski definition) is 5. The van der Waals surface area contributed by atoms with Crippen LogP contribution in [-0.2, 0) is 13.6 Å². The number of pyridine rings is 1. The predicted molar refractivity (Wildman–Crippen MR) is 134 cm³/mol. The molecular formula is C28H19F2N5O. The molecule has 0 amide bonds. The maximum Gasteiger partial charge on any atom is 0.219 e. The van der Waals surface area contributed by atoms with Gasteiger partial charge in [-0.2, -0.15) is 0 Å². The lowest BCUT2D eigenvalue weighted by molar-refractivity contribution is 0.461. The molecule has 8 heteroatoms. The Morgan fingerprint density at radius 1 is 1.08 bits per heavy atom. The smallest absolute Gasteiger partial charge is 0.219 e. The number of halogens is 2. The maximum atomic E-state index is 14.7. The standard InChI is InChI=1S/C28H19F2N5O/c1-4-19-21(29)11-16(12-22(19)30)26-24-20-9-8-18(36-23-7-5-6-15(2)34-23)10-17(20)13-31-27-25(24)28(35(26)3)33-14-32-27/h1,5-12,14H,13H2,2-3H3,(H,31,32,33). The number of anilines is 1. The highest BCUT2D eigenvalue weighted by Crippen LogP contribution is 2.46. The van der Waals surface area contributed by atoms with Gasteiger partial charge in [-0.3, -0.25) is 0 Å². The molecule has 6 rings (SSSR count). The summed E-state index contributed by atoms with van der Waals surface area (Å²) in [6, 6.07) is 13.8. The molecule has 0 radical (unpaired) electrons. The fourth-order valence-electron chi connectivity index (χ4n) is 4.73. The number of terminal acetylenes is 1. The summed E-state index contributed by atoms with van der Waals surface area (Å²) in [7, 11) is 1.81. The number of nitrogens with one attached hydrogen (secondary N) is 1. The highest BCUT2D eigenvalue weighted by Gasteiger charge is 2.27. The van der Waals surface area contributed by atoms with Crippen LogP contribution in [0.25, 0.3) is 33.4 Å². The largest absolute Gasteiger partial charge is 0.439 e. The second-order valence-electron chi connectivity index (χ2n) is 8.55. The maximum absolute atomic E-state index is 14.7. The van der Waals surface area contributed by atoms with Crippen molar-refractivity contribution in [3.63, 3.8) is 0 Å². The van der Waals surface area contributed by atoms with Crippen LogP contribution in [0.15, 0.2) is 54.9 Å². The minimum absolute atomic E-state index is 0.350. The Labute approximate surface area is 205 Å². The molecule has 0 spiro atoms. The van der Waals surface area contributed by atoms with E-state index in [1.807, 2.05) is 48.9 Å². The van der Waals surface area contributed by atoms with Crippen LogP contribution in [0.1, 0.15) is 16.8 Å². The first-order chi connectivity index (χ1) is 17.4. The first-order valence-electron chi connectivity index (χ1n) is 11.2. The van der Waals surface area contributed by atoms with Crippen molar-refractivity contribution >= 4 is 16.9 Å². The molecule has 6 nitrogen and oxygen atoms in total. The van der Waals surface area contributed by atoms with Crippen molar-refractivity contribution in [3.05, 3.63) is 83.3 Å². The third-order valence-corrected chi connectivity index (χ3v) is 6.30. The Balaban J connectivity index is 1.57. The minimum Gasteiger partial charge on any atom is -0.439 e. The molecule has 1 aliphatic heterocycles. The Morgan fingerprint density at radius 3 is 2.64 bits per heavy atom. The summed E-state index contributed by atoms with van der Waals surface area (Å²) in [6.45, 7) is 2.37. The van der Waals surface area contributed by atoms with E-state index in [9.17, 15) is 8.78 Å². The first-order valence-corrected chi connectivity index (χ1v) is 11.2. The average Bonchev–Trinajstić information content (AvgIpc) is 3.05. The zero-order chi connectivity index (χ0) is 25.0. The molecule has 0 atom stereocenters. The summed E-state index contributed by atoms with van der Waals surface area (Å²) in [5.41, 5.74) is 4.62. The number of hydrogen-bond donors (Lipinski definition) is 1. The molecule has 176 valence electrons. The van der Waals surface area contributed by atoms with Gasteiger partial charge in [0.15, 0.2) is 0 Å². The molecule has 0 saturated carbocycles. The van der Waals surface area contributed by atoms with Crippen LogP contribution in [0.3, 0.4) is 0 Å². The van der Waals surface area contributed by atoms with E-state index >= 15 is 0 Å². The van der Waals surface area contributed by atoms with E-state index in [0.29, 0.717) is 40.9 Å². The number of rotatable bonds is 3. The molecule has 3 aromatic heterocycles. The summed E-state index contributed by atoms with van der Waals surface area (Å²) < 4.78 is 37.3. The van der Waals surface area contributed by atoms with Gasteiger partial charge in [0.25, 0.3) is 0 Å². The number of nitrogens with zero attached hydrogens (tertiary/aromatic N) is 4. The van der Waals surface area contributed by atoms with Crippen molar-refractivity contribution in [3.8, 4) is 46.4 Å². The molecule has 1 N–H and O–H groups in total. The van der Waals surface area contributed by atoms with E-state index < -0.39 is 17.2 Å². The van der Waals surface area contributed by atoms with Gasteiger partial charge in [0, 0.05) is 36.5 Å². The molecule has 5 aromatic rings. The van der Waals surface area contributed by atoms with Gasteiger partial charge >= 0.3 is 0 Å². The Bertz CT molecular complexity index is 1710. The lowest BCUT2D eigenvalue weighted by Crippen LogP contribution is -2.03. The van der Waals surface area contributed by atoms with E-state index in [2.05, 4.69) is 26.2 Å². The fourth-order valence-corrected chi connectivity index (χ4v) is 4.73. The third-order valence-electron chi connectivity index (χ3n) is 6.30. The van der Waals surface area contributed by atoms with E-state index in [-0.39, 0.29) is 0 Å². The first kappa shape index (κ1) is 21.7. The van der Waals surface area contributed by atoms with Crippen LogP contribution in [0.5, 0.6) is 11.6 Å². The lowest BCUT2D eigenvalue weighted by Gasteiger charge is -2.14. The summed E-state index contributed by atoms with van der Waals surface area (Å²) in [5, 5.41) is 4.14. The van der Waals surface area contributed by atoms with Crippen LogP contribution in [0.4, 0.5) is 14.6 Å². The second kappa shape index (κ2) is 8.17. The van der Waals surface area contributed by atoms with Gasteiger partial charge in [-0.25, -0.2) is 23.7 Å². The summed E-state index contributed by atoms with van der Waals surface area (Å²) >= 11 is 0. The van der Waals surface area contributed by atoms with Gasteiger partial charge in [0.05, 0.1) is 16.6 Å². The molecule has 0 saturated heterocycles. The van der Waals surface area contributed by atoms with Crippen LogP contribution in [-0.4, -0.2) is 19.5 Å². The Hall–Kier alpha value is -4.77. The zero-order valence-electron chi connectivity index (χ0n) is 19.4. The number of fused-ring (bicyclic) bond motifs is 2. The predicted octanol–water partition coefficient (Wildman–Crippen LogP) is 5.98. The van der Waals surface area contributed by atoms with E-state index in [1.165, 1.54) is 18.5 Å². The number of aryl methyl sites for hydroxylation is 2. The average molecular weight is 479 g/mol. The van der Waals surface area contributed by atoms with Crippen molar-refractivity contribution in [1.29, 1.82) is 0 Å². The molecule has 2 aromatic carbocycles. The quantitative estimate of drug-likeness (QED) is 0.323. The van der Waals surface area contributed by atoms with Gasteiger partial charge in [0.1, 0.15) is 35.2 Å². The van der Waals surface area contributed by atoms with Crippen LogP contribution < -0.4 is 10.1 Å². The van der Waals surface area contributed by atoms with Gasteiger partial charge in [-0.05, 0) is 48.4 Å². The lowest BCUT2D eigenvalue weighted by atomic mass is 9.95. The molecule has 4 heterocycles. The van der Waals surface area contributed by atoms with E-state index in [1.54, 1.807) is 6.07 Å². The SMILES string of the molecule is C#Cc1c(F)cc(-c2c3c4c(ncnc4n2C)NCc2cc(Oc4cccc(C)n4)ccc2-3)cc1F. The van der Waals surface area contributed by atoms with Gasteiger partial charge in [-0.15, -0.1) is 6.42 Å². The monoisotopic (exact) mass is 479 g/mol. The topological polar surface area (TPSA) is 64.9 Å². The normalized spacial score (nSPS) is 12.0. The van der Waals surface area contributed by atoms with Crippen molar-refractivity contribution < 1.29 is 13.5 Å². The molecule has 0 bridgehead atoms. The van der Waals surface area contributed by atoms with Crippen molar-refractivity contribution in [1.82, 2.24) is 19.5 Å². The molecular weight excluding hydrogens is 460 g/mol. The molecule has 0 fully saturated rings. The Morgan fingerprint density at radius 2 is 1.89 bits per heavy atom. The van der Waals surface area contributed by atoms with Crippen molar-refractivity contribution in [2.75, 3.05) is 5.32 Å². The summed E-state index contributed by atoms with van der Waals surface area (Å²) in [4.78, 5) is 13.3. The van der Waals surface area contributed by atoms with Crippen molar-refractivity contribution in [2.24, 2.45) is 7.05 Å². The van der Waals surface area contributed by atoms with Gasteiger partial charge in [-0.1, -0.05) is 18.1 Å². The molecule has 1 aliphatic rings. The van der Waals surface area contributed by atoms with Crippen LogP contribution in [0, 0.1) is 30.9 Å². The van der Waals surface area contributed by atoms with Gasteiger partial charge in [0.2, 0.25) is 5.88 Å². The number of aromatic nitrogens is 4. The highest BCUT2D eigenvalue weighted by molar-refractivity contribution is 6.09. The van der Waals surface area contributed by atoms with E-state index in [0.717, 1.165) is 27.8 Å². The van der Waals surface area contributed by atoms with Crippen molar-refractivity contribution in [2.45, 2.75) is 13.5 Å². The number of benzene rings is 2. The minimum atomic E-state index is -0.794. The zero-order valence-corrected chi connectivity index (χ0v) is 19.4. The summed E-state index contributed by atoms with van der Waals surface area (Å²) in [6.07, 6.45) is 6.77. The van der Waals surface area contributed by atoms with E-state index in [4.69, 9.17) is 11.2 Å². The Kier molecular flexibility index (Phi) is 4.93. The van der Waals surface area contributed by atoms with Gasteiger partial charge < -0.3 is 14.6 Å². The molecule has 0 unspecified atom stereocenters. The summed E-state index contributed by atoms with van der Waals surface area (Å²) in [5.74, 6) is 2.24. The molecule has 0 aliphatic carbocycles. The highest BCUT2D eigenvalue weighted by atomic mass is 19.1. The second-order valence-corrected chi connectivity index (χ2v) is 8.55. The molecule has 36 heavy (non-hydrogen) atoms. The fraction of sp³-hybridized carbons (Fsp3) is 0.107. The van der Waals surface area contributed by atoms with Crippen LogP contribution >= 0.6 is 0 Å². The van der Waals surface area contributed by atoms with Crippen LogP contribution in [0.2, 0.25) is 0 Å².